The summed E-state index contributed by atoms with van der Waals surface area (Å²) in [6.45, 7) is 3.30. The van der Waals surface area contributed by atoms with Gasteiger partial charge < -0.3 is 15.3 Å². The lowest BCUT2D eigenvalue weighted by Crippen LogP contribution is -2.40. The molecule has 1 aliphatic rings. The standard InChI is InChI=1S/C20H25N3O2/c24-20(25)22-19-8-4-7-18(15-19)21-17-10-13-23(14-11-17)12-9-16-5-2-1-3-6-16/h1-8,15,17,21-22H,9-14H2,(H,24,25). The molecule has 0 bridgehead atoms. The molecule has 5 nitrogen and oxygen atoms in total. The predicted octanol–water partition coefficient (Wildman–Crippen LogP) is 3.90. The highest BCUT2D eigenvalue weighted by atomic mass is 16.4. The minimum absolute atomic E-state index is 0.438. The molecule has 1 aliphatic heterocycles. The van der Waals surface area contributed by atoms with Gasteiger partial charge in [-0.15, -0.1) is 0 Å². The maximum Gasteiger partial charge on any atom is 0.409 e. The molecule has 1 fully saturated rings. The van der Waals surface area contributed by atoms with Crippen molar-refractivity contribution in [3.05, 3.63) is 60.2 Å². The van der Waals surface area contributed by atoms with E-state index >= 15 is 0 Å². The van der Waals surface area contributed by atoms with Gasteiger partial charge in [0.15, 0.2) is 0 Å². The second-order valence-corrected chi connectivity index (χ2v) is 6.51. The first-order valence-corrected chi connectivity index (χ1v) is 8.82. The van der Waals surface area contributed by atoms with E-state index in [1.54, 1.807) is 6.07 Å². The van der Waals surface area contributed by atoms with Crippen molar-refractivity contribution < 1.29 is 9.90 Å². The van der Waals surface area contributed by atoms with Crippen LogP contribution in [0.15, 0.2) is 54.6 Å². The fourth-order valence-corrected chi connectivity index (χ4v) is 3.28. The van der Waals surface area contributed by atoms with Crippen molar-refractivity contribution in [3.8, 4) is 0 Å². The van der Waals surface area contributed by atoms with Gasteiger partial charge in [0.2, 0.25) is 0 Å². The Morgan fingerprint density at radius 3 is 2.48 bits per heavy atom. The highest BCUT2D eigenvalue weighted by Gasteiger charge is 2.18. The summed E-state index contributed by atoms with van der Waals surface area (Å²) in [6, 6.07) is 18.5. The van der Waals surface area contributed by atoms with Crippen molar-refractivity contribution in [1.82, 2.24) is 4.90 Å². The van der Waals surface area contributed by atoms with Crippen LogP contribution in [0.25, 0.3) is 0 Å². The summed E-state index contributed by atoms with van der Waals surface area (Å²) in [6.07, 6.45) is 2.27. The molecule has 25 heavy (non-hydrogen) atoms. The molecule has 0 unspecified atom stereocenters. The van der Waals surface area contributed by atoms with Crippen LogP contribution >= 0.6 is 0 Å². The lowest BCUT2D eigenvalue weighted by molar-refractivity contribution is 0.210. The molecule has 3 rings (SSSR count). The van der Waals surface area contributed by atoms with Crippen LogP contribution in [0.5, 0.6) is 0 Å². The van der Waals surface area contributed by atoms with Crippen LogP contribution in [0.1, 0.15) is 18.4 Å². The zero-order valence-electron chi connectivity index (χ0n) is 14.3. The summed E-state index contributed by atoms with van der Waals surface area (Å²) in [7, 11) is 0. The molecule has 2 aromatic carbocycles. The summed E-state index contributed by atoms with van der Waals surface area (Å²) in [5, 5.41) is 14.7. The summed E-state index contributed by atoms with van der Waals surface area (Å²) < 4.78 is 0. The monoisotopic (exact) mass is 339 g/mol. The van der Waals surface area contributed by atoms with Crippen molar-refractivity contribution >= 4 is 17.5 Å². The average Bonchev–Trinajstić information content (AvgIpc) is 2.62. The molecule has 1 saturated heterocycles. The number of nitrogens with one attached hydrogen (secondary N) is 2. The third kappa shape index (κ3) is 5.50. The second kappa shape index (κ2) is 8.53. The lowest BCUT2D eigenvalue weighted by Gasteiger charge is -2.33. The molecule has 132 valence electrons. The third-order valence-corrected chi connectivity index (χ3v) is 4.63. The van der Waals surface area contributed by atoms with Gasteiger partial charge in [0.1, 0.15) is 0 Å². The summed E-state index contributed by atoms with van der Waals surface area (Å²) >= 11 is 0. The first-order chi connectivity index (χ1) is 12.2. The highest BCUT2D eigenvalue weighted by molar-refractivity contribution is 5.83. The zero-order valence-corrected chi connectivity index (χ0v) is 14.3. The summed E-state index contributed by atoms with van der Waals surface area (Å²) in [5.74, 6) is 0. The third-order valence-electron chi connectivity index (χ3n) is 4.63. The van der Waals surface area contributed by atoms with E-state index in [9.17, 15) is 4.79 Å². The Morgan fingerprint density at radius 1 is 1.04 bits per heavy atom. The van der Waals surface area contributed by atoms with Gasteiger partial charge in [-0.1, -0.05) is 36.4 Å². The smallest absolute Gasteiger partial charge is 0.409 e. The molecule has 1 heterocycles. The molecule has 2 aromatic rings. The molecule has 0 atom stereocenters. The van der Waals surface area contributed by atoms with E-state index in [0.29, 0.717) is 11.7 Å². The van der Waals surface area contributed by atoms with E-state index in [2.05, 4.69) is 45.9 Å². The number of benzene rings is 2. The quantitative estimate of drug-likeness (QED) is 0.747. The van der Waals surface area contributed by atoms with Crippen LogP contribution in [-0.2, 0) is 6.42 Å². The van der Waals surface area contributed by atoms with Crippen LogP contribution in [-0.4, -0.2) is 41.8 Å². The minimum atomic E-state index is -1.04. The Morgan fingerprint density at radius 2 is 1.76 bits per heavy atom. The Balaban J connectivity index is 1.44. The van der Waals surface area contributed by atoms with E-state index in [4.69, 9.17) is 5.11 Å². The van der Waals surface area contributed by atoms with E-state index in [1.165, 1.54) is 5.56 Å². The number of likely N-dealkylation sites (tertiary alicyclic amines) is 1. The number of nitrogens with zero attached hydrogens (tertiary/aromatic N) is 1. The number of anilines is 2. The van der Waals surface area contributed by atoms with Crippen molar-refractivity contribution in [2.24, 2.45) is 0 Å². The van der Waals surface area contributed by atoms with Crippen LogP contribution in [0.2, 0.25) is 0 Å². The molecule has 0 aromatic heterocycles. The van der Waals surface area contributed by atoms with Crippen LogP contribution in [0, 0.1) is 0 Å². The van der Waals surface area contributed by atoms with E-state index < -0.39 is 6.09 Å². The van der Waals surface area contributed by atoms with Crippen molar-refractivity contribution in [2.45, 2.75) is 25.3 Å². The minimum Gasteiger partial charge on any atom is -0.465 e. The Kier molecular flexibility index (Phi) is 5.90. The first kappa shape index (κ1) is 17.3. The SMILES string of the molecule is O=C(O)Nc1cccc(NC2CCN(CCc3ccccc3)CC2)c1. The van der Waals surface area contributed by atoms with Gasteiger partial charge in [-0.25, -0.2) is 4.79 Å². The fourth-order valence-electron chi connectivity index (χ4n) is 3.28. The molecular weight excluding hydrogens is 314 g/mol. The second-order valence-electron chi connectivity index (χ2n) is 6.51. The molecular formula is C20H25N3O2. The lowest BCUT2D eigenvalue weighted by atomic mass is 10.0. The molecule has 0 spiro atoms. The van der Waals surface area contributed by atoms with E-state index in [-0.39, 0.29) is 0 Å². The summed E-state index contributed by atoms with van der Waals surface area (Å²) in [4.78, 5) is 13.3. The van der Waals surface area contributed by atoms with Gasteiger partial charge in [0.05, 0.1) is 0 Å². The number of hydrogen-bond donors (Lipinski definition) is 3. The highest BCUT2D eigenvalue weighted by Crippen LogP contribution is 2.20. The number of carboxylic acid groups (broad SMARTS) is 1. The summed E-state index contributed by atoms with van der Waals surface area (Å²) in [5.41, 5.74) is 2.96. The molecule has 5 heteroatoms. The van der Waals surface area contributed by atoms with E-state index in [0.717, 1.165) is 44.6 Å². The Hall–Kier alpha value is -2.53. The Labute approximate surface area is 148 Å². The topological polar surface area (TPSA) is 64.6 Å². The zero-order chi connectivity index (χ0) is 17.5. The van der Waals surface area contributed by atoms with Gasteiger partial charge in [-0.3, -0.25) is 5.32 Å². The molecule has 3 N–H and O–H groups in total. The van der Waals surface area contributed by atoms with Crippen molar-refractivity contribution in [1.29, 1.82) is 0 Å². The average molecular weight is 339 g/mol. The number of hydrogen-bond acceptors (Lipinski definition) is 3. The largest absolute Gasteiger partial charge is 0.465 e. The van der Waals surface area contributed by atoms with Gasteiger partial charge >= 0.3 is 6.09 Å². The number of rotatable bonds is 6. The maximum atomic E-state index is 10.7. The van der Waals surface area contributed by atoms with Gasteiger partial charge in [0.25, 0.3) is 0 Å². The molecule has 1 amide bonds. The molecule has 0 saturated carbocycles. The maximum absolute atomic E-state index is 10.7. The number of amides is 1. The van der Waals surface area contributed by atoms with Crippen molar-refractivity contribution in [3.63, 3.8) is 0 Å². The fraction of sp³-hybridized carbons (Fsp3) is 0.350. The molecule has 0 aliphatic carbocycles. The predicted molar refractivity (Wildman–Crippen MR) is 101 cm³/mol. The number of piperidine rings is 1. The van der Waals surface area contributed by atoms with E-state index in [1.807, 2.05) is 18.2 Å². The van der Waals surface area contributed by atoms with Gasteiger partial charge in [0, 0.05) is 37.1 Å². The molecule has 0 radical (unpaired) electrons. The van der Waals surface area contributed by atoms with Gasteiger partial charge in [-0.2, -0.15) is 0 Å². The number of carbonyl (C=O) groups is 1. The van der Waals surface area contributed by atoms with Crippen LogP contribution in [0.3, 0.4) is 0 Å². The Bertz CT molecular complexity index is 682. The normalized spacial score (nSPS) is 15.7. The van der Waals surface area contributed by atoms with Crippen LogP contribution < -0.4 is 10.6 Å². The first-order valence-electron chi connectivity index (χ1n) is 8.82. The van der Waals surface area contributed by atoms with Gasteiger partial charge in [-0.05, 0) is 43.0 Å². The van der Waals surface area contributed by atoms with Crippen molar-refractivity contribution in [2.75, 3.05) is 30.3 Å². The van der Waals surface area contributed by atoms with Crippen LogP contribution in [0.4, 0.5) is 16.2 Å².